The Bertz CT molecular complexity index is 504. The number of hydrogen-bond acceptors (Lipinski definition) is 4. The second kappa shape index (κ2) is 5.52. The number of rotatable bonds is 3. The van der Waals surface area contributed by atoms with Gasteiger partial charge >= 0.3 is 0 Å². The summed E-state index contributed by atoms with van der Waals surface area (Å²) in [6.07, 6.45) is 2.05. The first-order valence-electron chi connectivity index (χ1n) is 5.77. The van der Waals surface area contributed by atoms with Crippen LogP contribution in [0, 0.1) is 0 Å². The van der Waals surface area contributed by atoms with E-state index in [0.717, 1.165) is 6.42 Å². The summed E-state index contributed by atoms with van der Waals surface area (Å²) in [4.78, 5) is 3.98. The lowest BCUT2D eigenvalue weighted by Crippen LogP contribution is -2.45. The Morgan fingerprint density at radius 2 is 2.33 bits per heavy atom. The van der Waals surface area contributed by atoms with Crippen LogP contribution >= 0.6 is 11.6 Å². The molecule has 1 aliphatic heterocycles. The molecular weight excluding hydrogens is 276 g/mol. The average Bonchev–Trinajstić information content (AvgIpc) is 2.39. The number of nitrogens with zero attached hydrogens (tertiary/aromatic N) is 2. The zero-order valence-corrected chi connectivity index (χ0v) is 11.6. The molecule has 7 heteroatoms. The monoisotopic (exact) mass is 290 g/mol. The second-order valence-corrected chi connectivity index (χ2v) is 6.41. The molecule has 1 atom stereocenters. The molecule has 1 unspecified atom stereocenters. The minimum atomic E-state index is -3.49. The Hall–Kier alpha value is -0.690. The number of pyridine rings is 1. The van der Waals surface area contributed by atoms with E-state index in [1.165, 1.54) is 22.6 Å². The number of aromatic nitrogens is 1. The lowest BCUT2D eigenvalue weighted by Gasteiger charge is -2.31. The van der Waals surface area contributed by atoms with Crippen LogP contribution in [0.3, 0.4) is 0 Å². The summed E-state index contributed by atoms with van der Waals surface area (Å²) in [5.74, 6) is 0. The van der Waals surface area contributed by atoms with Gasteiger partial charge in [-0.05, 0) is 18.6 Å². The molecule has 18 heavy (non-hydrogen) atoms. The van der Waals surface area contributed by atoms with Crippen molar-refractivity contribution in [1.82, 2.24) is 9.29 Å². The zero-order valence-electron chi connectivity index (χ0n) is 10.0. The maximum atomic E-state index is 12.3. The van der Waals surface area contributed by atoms with Crippen molar-refractivity contribution < 1.29 is 13.2 Å². The van der Waals surface area contributed by atoms with Crippen molar-refractivity contribution >= 4 is 21.6 Å². The molecule has 1 aromatic heterocycles. The summed E-state index contributed by atoms with van der Waals surface area (Å²) in [5.41, 5.74) is 0. The minimum Gasteiger partial charge on any atom is -0.375 e. The third kappa shape index (κ3) is 2.83. The standard InChI is InChI=1S/C11H15ClN2O3S/c1-2-9-8-14(5-6-17-9)18(15,16)10-3-4-11(12)13-7-10/h3-4,7,9H,2,5-6,8H2,1H3. The molecule has 0 N–H and O–H groups in total. The van der Waals surface area contributed by atoms with Gasteiger partial charge in [0.25, 0.3) is 0 Å². The summed E-state index contributed by atoms with van der Waals surface area (Å²) in [6.45, 7) is 3.17. The molecule has 0 aromatic carbocycles. The predicted octanol–water partition coefficient (Wildman–Crippen LogP) is 1.53. The molecule has 0 amide bonds. The Balaban J connectivity index is 2.22. The fourth-order valence-electron chi connectivity index (χ4n) is 1.82. The summed E-state index contributed by atoms with van der Waals surface area (Å²) in [7, 11) is -3.49. The highest BCUT2D eigenvalue weighted by Gasteiger charge is 2.30. The SMILES string of the molecule is CCC1CN(S(=O)(=O)c2ccc(Cl)nc2)CCO1. The first kappa shape index (κ1) is 13.7. The summed E-state index contributed by atoms with van der Waals surface area (Å²) < 4.78 is 31.6. The van der Waals surface area contributed by atoms with Gasteiger partial charge in [-0.15, -0.1) is 0 Å². The highest BCUT2D eigenvalue weighted by atomic mass is 35.5. The molecule has 5 nitrogen and oxygen atoms in total. The molecule has 0 saturated carbocycles. The minimum absolute atomic E-state index is 0.0335. The van der Waals surface area contributed by atoms with E-state index in [4.69, 9.17) is 16.3 Å². The van der Waals surface area contributed by atoms with Gasteiger partial charge in [0.2, 0.25) is 10.0 Å². The summed E-state index contributed by atoms with van der Waals surface area (Å²) in [6, 6.07) is 2.95. The van der Waals surface area contributed by atoms with Crippen molar-refractivity contribution in [1.29, 1.82) is 0 Å². The zero-order chi connectivity index (χ0) is 13.2. The Morgan fingerprint density at radius 3 is 2.94 bits per heavy atom. The molecule has 0 aliphatic carbocycles. The molecule has 1 fully saturated rings. The lowest BCUT2D eigenvalue weighted by atomic mass is 10.2. The average molecular weight is 291 g/mol. The first-order chi connectivity index (χ1) is 8.54. The van der Waals surface area contributed by atoms with E-state index in [9.17, 15) is 8.42 Å². The number of hydrogen-bond donors (Lipinski definition) is 0. The van der Waals surface area contributed by atoms with Gasteiger partial charge in [-0.2, -0.15) is 4.31 Å². The smallest absolute Gasteiger partial charge is 0.244 e. The van der Waals surface area contributed by atoms with Crippen LogP contribution in [-0.2, 0) is 14.8 Å². The lowest BCUT2D eigenvalue weighted by molar-refractivity contribution is -0.00278. The van der Waals surface area contributed by atoms with E-state index < -0.39 is 10.0 Å². The van der Waals surface area contributed by atoms with Gasteiger partial charge in [-0.3, -0.25) is 0 Å². The van der Waals surface area contributed by atoms with Crippen LogP contribution in [0.4, 0.5) is 0 Å². The van der Waals surface area contributed by atoms with Gasteiger partial charge in [0.1, 0.15) is 10.0 Å². The Morgan fingerprint density at radius 1 is 1.56 bits per heavy atom. The van der Waals surface area contributed by atoms with Crippen LogP contribution in [0.25, 0.3) is 0 Å². The van der Waals surface area contributed by atoms with E-state index in [1.54, 1.807) is 0 Å². The van der Waals surface area contributed by atoms with Crippen LogP contribution < -0.4 is 0 Å². The Kier molecular flexibility index (Phi) is 4.21. The number of ether oxygens (including phenoxy) is 1. The molecular formula is C11H15ClN2O3S. The van der Waals surface area contributed by atoms with Crippen LogP contribution in [0.15, 0.2) is 23.2 Å². The second-order valence-electron chi connectivity index (χ2n) is 4.08. The topological polar surface area (TPSA) is 59.5 Å². The van der Waals surface area contributed by atoms with Crippen molar-refractivity contribution in [2.45, 2.75) is 24.3 Å². The molecule has 100 valence electrons. The fraction of sp³-hybridized carbons (Fsp3) is 0.545. The van der Waals surface area contributed by atoms with Crippen LogP contribution in [-0.4, -0.2) is 43.5 Å². The maximum Gasteiger partial charge on any atom is 0.244 e. The van der Waals surface area contributed by atoms with Gasteiger partial charge in [0.15, 0.2) is 0 Å². The van der Waals surface area contributed by atoms with E-state index in [1.807, 2.05) is 6.92 Å². The van der Waals surface area contributed by atoms with Crippen LogP contribution in [0.1, 0.15) is 13.3 Å². The highest BCUT2D eigenvalue weighted by Crippen LogP contribution is 2.19. The van der Waals surface area contributed by atoms with Crippen molar-refractivity contribution in [3.8, 4) is 0 Å². The Labute approximate surface area is 112 Å². The quantitative estimate of drug-likeness (QED) is 0.792. The molecule has 1 aromatic rings. The largest absolute Gasteiger partial charge is 0.375 e. The molecule has 2 heterocycles. The van der Waals surface area contributed by atoms with Crippen molar-refractivity contribution in [2.75, 3.05) is 19.7 Å². The first-order valence-corrected chi connectivity index (χ1v) is 7.59. The number of sulfonamides is 1. The van der Waals surface area contributed by atoms with Gasteiger partial charge in [0, 0.05) is 19.3 Å². The highest BCUT2D eigenvalue weighted by molar-refractivity contribution is 7.89. The molecule has 1 aliphatic rings. The molecule has 0 radical (unpaired) electrons. The van der Waals surface area contributed by atoms with Crippen molar-refractivity contribution in [3.05, 3.63) is 23.5 Å². The third-order valence-corrected chi connectivity index (χ3v) is 4.97. The molecule has 0 spiro atoms. The van der Waals surface area contributed by atoms with E-state index in [0.29, 0.717) is 19.7 Å². The van der Waals surface area contributed by atoms with Crippen molar-refractivity contribution in [3.63, 3.8) is 0 Å². The summed E-state index contributed by atoms with van der Waals surface area (Å²) in [5, 5.41) is 0.280. The van der Waals surface area contributed by atoms with Gasteiger partial charge in [-0.25, -0.2) is 13.4 Å². The third-order valence-electron chi connectivity index (χ3n) is 2.89. The summed E-state index contributed by atoms with van der Waals surface area (Å²) >= 11 is 5.65. The van der Waals surface area contributed by atoms with E-state index >= 15 is 0 Å². The molecule has 0 bridgehead atoms. The normalized spacial score (nSPS) is 22.0. The van der Waals surface area contributed by atoms with Crippen LogP contribution in [0.2, 0.25) is 5.15 Å². The molecule has 1 saturated heterocycles. The van der Waals surface area contributed by atoms with Gasteiger partial charge < -0.3 is 4.74 Å². The van der Waals surface area contributed by atoms with E-state index in [2.05, 4.69) is 4.98 Å². The predicted molar refractivity (Wildman–Crippen MR) is 68.0 cm³/mol. The maximum absolute atomic E-state index is 12.3. The number of morpholine rings is 1. The van der Waals surface area contributed by atoms with Crippen LogP contribution in [0.5, 0.6) is 0 Å². The van der Waals surface area contributed by atoms with Crippen molar-refractivity contribution in [2.24, 2.45) is 0 Å². The molecule has 2 rings (SSSR count). The number of halogens is 1. The van der Waals surface area contributed by atoms with E-state index in [-0.39, 0.29) is 16.2 Å². The fourth-order valence-corrected chi connectivity index (χ4v) is 3.33. The van der Waals surface area contributed by atoms with Gasteiger partial charge in [0.05, 0.1) is 12.7 Å². The van der Waals surface area contributed by atoms with Gasteiger partial charge in [-0.1, -0.05) is 18.5 Å².